The van der Waals surface area contributed by atoms with Gasteiger partial charge >= 0.3 is 0 Å². The summed E-state index contributed by atoms with van der Waals surface area (Å²) in [6.07, 6.45) is 3.73. The molecule has 1 aliphatic rings. The van der Waals surface area contributed by atoms with Crippen molar-refractivity contribution in [2.75, 3.05) is 25.0 Å². The fraction of sp³-hybridized carbons (Fsp3) is 0.333. The maximum absolute atomic E-state index is 13.1. The van der Waals surface area contributed by atoms with Crippen molar-refractivity contribution in [3.63, 3.8) is 0 Å². The van der Waals surface area contributed by atoms with Crippen LogP contribution in [-0.2, 0) is 11.3 Å². The van der Waals surface area contributed by atoms with Gasteiger partial charge in [-0.2, -0.15) is 0 Å². The van der Waals surface area contributed by atoms with E-state index in [9.17, 15) is 9.59 Å². The van der Waals surface area contributed by atoms with E-state index in [0.29, 0.717) is 36.1 Å². The molecular weight excluding hydrogens is 410 g/mol. The minimum atomic E-state index is -0.236. The quantitative estimate of drug-likeness (QED) is 0.596. The van der Waals surface area contributed by atoms with E-state index in [1.54, 1.807) is 47.7 Å². The average molecular weight is 438 g/mol. The Kier molecular flexibility index (Phi) is 6.53. The first-order valence-corrected chi connectivity index (χ1v) is 11.3. The summed E-state index contributed by atoms with van der Waals surface area (Å²) in [6, 6.07) is 15.4. The van der Waals surface area contributed by atoms with E-state index in [0.717, 1.165) is 19.4 Å². The van der Waals surface area contributed by atoms with E-state index in [2.05, 4.69) is 29.3 Å². The molecule has 0 saturated carbocycles. The SMILES string of the molecule is Cc1ccc(C2CCCN2CC(=O)N(C)c2ccccc2C(=O)NCc2ccco2)s1. The predicted octanol–water partition coefficient (Wildman–Crippen LogP) is 4.38. The molecule has 0 radical (unpaired) electrons. The topological polar surface area (TPSA) is 65.8 Å². The van der Waals surface area contributed by atoms with Crippen molar-refractivity contribution in [3.8, 4) is 0 Å². The lowest BCUT2D eigenvalue weighted by molar-refractivity contribution is -0.119. The number of furan rings is 1. The lowest BCUT2D eigenvalue weighted by Crippen LogP contribution is -2.39. The fourth-order valence-corrected chi connectivity index (χ4v) is 5.07. The van der Waals surface area contributed by atoms with Crippen molar-refractivity contribution < 1.29 is 14.0 Å². The summed E-state index contributed by atoms with van der Waals surface area (Å²) >= 11 is 1.80. The Bertz CT molecular complexity index is 1040. The largest absolute Gasteiger partial charge is 0.467 e. The van der Waals surface area contributed by atoms with Crippen molar-refractivity contribution >= 4 is 28.8 Å². The predicted molar refractivity (Wildman–Crippen MR) is 122 cm³/mol. The number of carbonyl (C=O) groups excluding carboxylic acids is 2. The molecule has 1 aromatic carbocycles. The molecule has 1 N–H and O–H groups in total. The molecule has 162 valence electrons. The molecule has 1 unspecified atom stereocenters. The van der Waals surface area contributed by atoms with Crippen molar-refractivity contribution in [2.24, 2.45) is 0 Å². The van der Waals surface area contributed by atoms with Crippen LogP contribution in [0.25, 0.3) is 0 Å². The maximum Gasteiger partial charge on any atom is 0.253 e. The van der Waals surface area contributed by atoms with Crippen molar-refractivity contribution in [2.45, 2.75) is 32.4 Å². The lowest BCUT2D eigenvalue weighted by Gasteiger charge is -2.27. The average Bonchev–Trinajstić information content (AvgIpc) is 3.53. The Labute approximate surface area is 186 Å². The number of likely N-dealkylation sites (tertiary alicyclic amines) is 1. The number of amides is 2. The van der Waals surface area contributed by atoms with Gasteiger partial charge in [0.2, 0.25) is 5.91 Å². The minimum Gasteiger partial charge on any atom is -0.467 e. The van der Waals surface area contributed by atoms with Gasteiger partial charge in [0.15, 0.2) is 0 Å². The summed E-state index contributed by atoms with van der Waals surface area (Å²) in [5, 5.41) is 2.86. The van der Waals surface area contributed by atoms with Gasteiger partial charge in [0.05, 0.1) is 30.6 Å². The number of thiophene rings is 1. The van der Waals surface area contributed by atoms with Crippen molar-refractivity contribution in [1.29, 1.82) is 0 Å². The molecule has 1 aliphatic heterocycles. The number of anilines is 1. The van der Waals surface area contributed by atoms with Crippen LogP contribution in [-0.4, -0.2) is 36.9 Å². The molecule has 4 rings (SSSR count). The second-order valence-electron chi connectivity index (χ2n) is 7.81. The summed E-state index contributed by atoms with van der Waals surface area (Å²) in [4.78, 5) is 32.4. The van der Waals surface area contributed by atoms with Gasteiger partial charge in [-0.25, -0.2) is 0 Å². The number of hydrogen-bond acceptors (Lipinski definition) is 5. The molecule has 1 saturated heterocycles. The van der Waals surface area contributed by atoms with Gasteiger partial charge in [-0.3, -0.25) is 14.5 Å². The summed E-state index contributed by atoms with van der Waals surface area (Å²) in [7, 11) is 1.74. The zero-order chi connectivity index (χ0) is 21.8. The van der Waals surface area contributed by atoms with E-state index in [4.69, 9.17) is 4.42 Å². The van der Waals surface area contributed by atoms with Crippen LogP contribution >= 0.6 is 11.3 Å². The van der Waals surface area contributed by atoms with Gasteiger partial charge in [0.1, 0.15) is 5.76 Å². The highest BCUT2D eigenvalue weighted by atomic mass is 32.1. The molecule has 2 amide bonds. The van der Waals surface area contributed by atoms with E-state index >= 15 is 0 Å². The standard InChI is InChI=1S/C24H27N3O3S/c1-17-11-12-22(31-17)21-10-5-13-27(21)16-23(28)26(2)20-9-4-3-8-19(20)24(29)25-15-18-7-6-14-30-18/h3-4,6-9,11-12,14,21H,5,10,13,15-16H2,1-2H3,(H,25,29). The first-order chi connectivity index (χ1) is 15.0. The lowest BCUT2D eigenvalue weighted by atomic mass is 10.1. The highest BCUT2D eigenvalue weighted by Crippen LogP contribution is 2.35. The second-order valence-corrected chi connectivity index (χ2v) is 9.13. The monoisotopic (exact) mass is 437 g/mol. The molecule has 3 heterocycles. The van der Waals surface area contributed by atoms with Crippen LogP contribution in [0.1, 0.15) is 44.8 Å². The molecule has 6 nitrogen and oxygen atoms in total. The molecule has 31 heavy (non-hydrogen) atoms. The van der Waals surface area contributed by atoms with Crippen LogP contribution in [0.15, 0.2) is 59.2 Å². The molecule has 0 aliphatic carbocycles. The Hall–Kier alpha value is -2.90. The van der Waals surface area contributed by atoms with E-state index in [1.807, 2.05) is 18.2 Å². The van der Waals surface area contributed by atoms with E-state index in [-0.39, 0.29) is 11.8 Å². The van der Waals surface area contributed by atoms with Gasteiger partial charge in [-0.05, 0) is 62.7 Å². The molecule has 0 bridgehead atoms. The highest BCUT2D eigenvalue weighted by molar-refractivity contribution is 7.12. The highest BCUT2D eigenvalue weighted by Gasteiger charge is 2.30. The summed E-state index contributed by atoms with van der Waals surface area (Å²) in [5.74, 6) is 0.422. The molecular formula is C24H27N3O3S. The first kappa shape index (κ1) is 21.3. The first-order valence-electron chi connectivity index (χ1n) is 10.5. The zero-order valence-corrected chi connectivity index (χ0v) is 18.7. The normalized spacial score (nSPS) is 16.4. The van der Waals surface area contributed by atoms with Gasteiger partial charge in [-0.1, -0.05) is 12.1 Å². The van der Waals surface area contributed by atoms with Crippen LogP contribution in [0.2, 0.25) is 0 Å². The number of carbonyl (C=O) groups is 2. The number of rotatable bonds is 7. The third kappa shape index (κ3) is 4.89. The number of likely N-dealkylation sites (N-methyl/N-ethyl adjacent to an activating group) is 1. The van der Waals surface area contributed by atoms with Gasteiger partial charge in [-0.15, -0.1) is 11.3 Å². The van der Waals surface area contributed by atoms with Crippen LogP contribution in [0.4, 0.5) is 5.69 Å². The van der Waals surface area contributed by atoms with Gasteiger partial charge in [0.25, 0.3) is 5.91 Å². The Morgan fingerprint density at radius 2 is 2.03 bits per heavy atom. The third-order valence-corrected chi connectivity index (χ3v) is 6.78. The summed E-state index contributed by atoms with van der Waals surface area (Å²) in [5.41, 5.74) is 1.07. The Balaban J connectivity index is 1.44. The zero-order valence-electron chi connectivity index (χ0n) is 17.8. The smallest absolute Gasteiger partial charge is 0.253 e. The number of para-hydroxylation sites is 1. The van der Waals surface area contributed by atoms with Crippen molar-refractivity contribution in [1.82, 2.24) is 10.2 Å². The van der Waals surface area contributed by atoms with E-state index < -0.39 is 0 Å². The molecule has 3 aromatic rings. The van der Waals surface area contributed by atoms with Crippen LogP contribution in [0, 0.1) is 6.92 Å². The number of aryl methyl sites for hydroxylation is 1. The number of hydrogen-bond donors (Lipinski definition) is 1. The number of benzene rings is 1. The van der Waals surface area contributed by atoms with Gasteiger partial charge < -0.3 is 14.6 Å². The van der Waals surface area contributed by atoms with E-state index in [1.165, 1.54) is 9.75 Å². The summed E-state index contributed by atoms with van der Waals surface area (Å²) < 4.78 is 5.27. The fourth-order valence-electron chi connectivity index (χ4n) is 4.02. The number of nitrogens with one attached hydrogen (secondary N) is 1. The molecule has 7 heteroatoms. The second kappa shape index (κ2) is 9.49. The van der Waals surface area contributed by atoms with Crippen molar-refractivity contribution in [3.05, 3.63) is 75.9 Å². The molecule has 1 atom stereocenters. The molecule has 1 fully saturated rings. The Morgan fingerprint density at radius 3 is 2.77 bits per heavy atom. The van der Waals surface area contributed by atoms with Crippen LogP contribution in [0.5, 0.6) is 0 Å². The Morgan fingerprint density at radius 1 is 1.19 bits per heavy atom. The molecule has 0 spiro atoms. The molecule has 2 aromatic heterocycles. The minimum absolute atomic E-state index is 0.0218. The summed E-state index contributed by atoms with van der Waals surface area (Å²) in [6.45, 7) is 3.65. The van der Waals surface area contributed by atoms with Gasteiger partial charge in [0, 0.05) is 22.8 Å². The maximum atomic E-state index is 13.1. The number of nitrogens with zero attached hydrogens (tertiary/aromatic N) is 2. The van der Waals surface area contributed by atoms with Crippen LogP contribution < -0.4 is 10.2 Å². The third-order valence-electron chi connectivity index (χ3n) is 5.68. The van der Waals surface area contributed by atoms with Crippen LogP contribution in [0.3, 0.4) is 0 Å².